The normalized spacial score (nSPS) is 27.9. The number of hydrogen-bond donors (Lipinski definition) is 4. The van der Waals surface area contributed by atoms with Crippen molar-refractivity contribution in [2.24, 2.45) is 34.8 Å². The van der Waals surface area contributed by atoms with Crippen LogP contribution in [-0.2, 0) is 14.4 Å². The van der Waals surface area contributed by atoms with E-state index >= 15 is 0 Å². The van der Waals surface area contributed by atoms with Gasteiger partial charge in [-0.2, -0.15) is 4.98 Å². The van der Waals surface area contributed by atoms with Crippen molar-refractivity contribution in [1.82, 2.24) is 15.2 Å². The van der Waals surface area contributed by atoms with Crippen LogP contribution in [0.4, 0.5) is 6.01 Å². The second kappa shape index (κ2) is 11.0. The van der Waals surface area contributed by atoms with E-state index in [0.717, 1.165) is 56.9 Å². The first-order chi connectivity index (χ1) is 19.6. The molecule has 41 heavy (non-hydrogen) atoms. The highest BCUT2D eigenvalue weighted by Gasteiger charge is 2.69. The number of ketones is 1. The number of nitrogens with one attached hydrogen (secondary N) is 2. The quantitative estimate of drug-likeness (QED) is 0.321. The molecule has 3 unspecified atom stereocenters. The highest BCUT2D eigenvalue weighted by molar-refractivity contribution is 5.96. The fraction of sp³-hybridized carbons (Fsp3) is 0.677. The molecule has 0 radical (unpaired) electrons. The molecule has 3 aliphatic carbocycles. The summed E-state index contributed by atoms with van der Waals surface area (Å²) >= 11 is 0. The van der Waals surface area contributed by atoms with Gasteiger partial charge >= 0.3 is 0 Å². The van der Waals surface area contributed by atoms with Gasteiger partial charge in [-0.3, -0.25) is 20.1 Å². The summed E-state index contributed by atoms with van der Waals surface area (Å²) in [4.78, 5) is 47.5. The van der Waals surface area contributed by atoms with Gasteiger partial charge in [0.1, 0.15) is 17.6 Å². The number of aliphatic hydroxyl groups excluding tert-OH is 1. The molecule has 5 N–H and O–H groups in total. The molecule has 6 atom stereocenters. The molecule has 0 spiro atoms. The van der Waals surface area contributed by atoms with Crippen LogP contribution in [0.3, 0.4) is 0 Å². The number of likely N-dealkylation sites (tertiary alicyclic amines) is 1. The number of amides is 2. The first kappa shape index (κ1) is 28.2. The van der Waals surface area contributed by atoms with Crippen LogP contribution in [0.2, 0.25) is 0 Å². The maximum absolute atomic E-state index is 14.4. The molecule has 0 bridgehead atoms. The third kappa shape index (κ3) is 5.36. The average molecular weight is 566 g/mol. The number of piperidine rings is 1. The number of carbonyl (C=O) groups excluding carboxylic acids is 3. The molecule has 4 fully saturated rings. The number of nitrogens with zero attached hydrogens (tertiary/aromatic N) is 2. The standard InChI is InChI=1S/C31H43N5O5/c1-31(2)19-16-36(25(23(19)31)28(39)33-21(26(37)27(32)38)15-17-9-8-10-17)29(40)24(18-11-4-3-5-12-18)35-30-34-20-13-6-7-14-22(20)41-30/h6-7,13-14,17-19,21,23-25,27,38H,3-5,8-12,15-16,32H2,1-2H3,(H,33,39)(H,34,35)/t19-,21?,23?,24-,25-,27?/m0/s1. The second-order valence-electron chi connectivity index (χ2n) is 13.3. The topological polar surface area (TPSA) is 151 Å². The lowest BCUT2D eigenvalue weighted by Gasteiger charge is -2.37. The van der Waals surface area contributed by atoms with Gasteiger partial charge in [-0.25, -0.2) is 0 Å². The Balaban J connectivity index is 1.25. The Morgan fingerprint density at radius 1 is 1.12 bits per heavy atom. The molecule has 4 aliphatic rings. The summed E-state index contributed by atoms with van der Waals surface area (Å²) < 4.78 is 5.95. The minimum atomic E-state index is -1.65. The molecular weight excluding hydrogens is 522 g/mol. The first-order valence-corrected chi connectivity index (χ1v) is 15.4. The third-order valence-electron chi connectivity index (χ3n) is 10.5. The van der Waals surface area contributed by atoms with E-state index in [1.807, 2.05) is 24.3 Å². The van der Waals surface area contributed by atoms with Crippen molar-refractivity contribution >= 4 is 34.7 Å². The van der Waals surface area contributed by atoms with Gasteiger partial charge in [0.05, 0.1) is 6.04 Å². The van der Waals surface area contributed by atoms with Gasteiger partial charge in [-0.15, -0.1) is 0 Å². The van der Waals surface area contributed by atoms with Crippen molar-refractivity contribution in [3.8, 4) is 0 Å². The number of hydrogen-bond acceptors (Lipinski definition) is 8. The monoisotopic (exact) mass is 565 g/mol. The van der Waals surface area contributed by atoms with Gasteiger partial charge in [0.2, 0.25) is 11.8 Å². The van der Waals surface area contributed by atoms with Crippen molar-refractivity contribution < 1.29 is 23.9 Å². The maximum Gasteiger partial charge on any atom is 0.296 e. The molecule has 3 saturated carbocycles. The minimum Gasteiger partial charge on any atom is -0.424 e. The van der Waals surface area contributed by atoms with E-state index in [0.29, 0.717) is 30.5 Å². The summed E-state index contributed by atoms with van der Waals surface area (Å²) in [7, 11) is 0. The van der Waals surface area contributed by atoms with E-state index in [1.165, 1.54) is 0 Å². The summed E-state index contributed by atoms with van der Waals surface area (Å²) in [5.41, 5.74) is 6.84. The van der Waals surface area contributed by atoms with Crippen molar-refractivity contribution in [1.29, 1.82) is 0 Å². The largest absolute Gasteiger partial charge is 0.424 e. The number of Topliss-reactive ketones (excluding diaryl/α,β-unsaturated/α-hetero) is 1. The van der Waals surface area contributed by atoms with Crippen LogP contribution in [0.25, 0.3) is 11.1 Å². The van der Waals surface area contributed by atoms with Crippen LogP contribution >= 0.6 is 0 Å². The van der Waals surface area contributed by atoms with Crippen LogP contribution in [0.1, 0.15) is 71.6 Å². The number of anilines is 1. The van der Waals surface area contributed by atoms with E-state index in [4.69, 9.17) is 10.2 Å². The summed E-state index contributed by atoms with van der Waals surface area (Å²) in [6, 6.07) is 5.69. The van der Waals surface area contributed by atoms with Crippen molar-refractivity contribution in [3.05, 3.63) is 24.3 Å². The van der Waals surface area contributed by atoms with Gasteiger partial charge in [0.15, 0.2) is 17.6 Å². The number of aromatic nitrogens is 1. The van der Waals surface area contributed by atoms with E-state index in [1.54, 1.807) is 4.90 Å². The zero-order valence-electron chi connectivity index (χ0n) is 24.1. The average Bonchev–Trinajstić information content (AvgIpc) is 3.29. The van der Waals surface area contributed by atoms with Gasteiger partial charge in [-0.1, -0.05) is 64.5 Å². The van der Waals surface area contributed by atoms with Gasteiger partial charge in [-0.05, 0) is 60.5 Å². The molecule has 10 heteroatoms. The van der Waals surface area contributed by atoms with Crippen LogP contribution in [0, 0.1) is 29.1 Å². The Labute approximate surface area is 240 Å². The highest BCUT2D eigenvalue weighted by atomic mass is 16.4. The fourth-order valence-corrected chi connectivity index (χ4v) is 7.68. The molecule has 2 aromatic rings. The molecule has 1 aromatic heterocycles. The molecule has 1 aromatic carbocycles. The Bertz CT molecular complexity index is 1260. The number of rotatable bonds is 10. The molecule has 6 rings (SSSR count). The van der Waals surface area contributed by atoms with Crippen molar-refractivity contribution in [3.63, 3.8) is 0 Å². The summed E-state index contributed by atoms with van der Waals surface area (Å²) in [5, 5.41) is 16.1. The smallest absolute Gasteiger partial charge is 0.296 e. The lowest BCUT2D eigenvalue weighted by atomic mass is 9.80. The molecule has 2 heterocycles. The fourth-order valence-electron chi connectivity index (χ4n) is 7.68. The number of nitrogens with two attached hydrogens (primary N) is 1. The minimum absolute atomic E-state index is 0.00466. The van der Waals surface area contributed by atoms with Crippen LogP contribution < -0.4 is 16.4 Å². The first-order valence-electron chi connectivity index (χ1n) is 15.4. The zero-order valence-corrected chi connectivity index (χ0v) is 24.1. The SMILES string of the molecule is CC1(C)C2[C@@H](C(=O)NC(CC3CCC3)C(=O)C(N)O)N(C(=O)[C@@H](Nc3nc4ccccc4o3)C3CCCCC3)C[C@@H]21. The molecule has 10 nitrogen and oxygen atoms in total. The van der Waals surface area contributed by atoms with E-state index in [2.05, 4.69) is 29.5 Å². The number of aliphatic hydroxyl groups is 1. The third-order valence-corrected chi connectivity index (χ3v) is 10.5. The molecular formula is C31H43N5O5. The van der Waals surface area contributed by atoms with Crippen LogP contribution in [0.5, 0.6) is 0 Å². The Morgan fingerprint density at radius 3 is 2.51 bits per heavy atom. The lowest BCUT2D eigenvalue weighted by Crippen LogP contribution is -2.58. The molecule has 1 saturated heterocycles. The van der Waals surface area contributed by atoms with Crippen LogP contribution in [-0.4, -0.2) is 63.5 Å². The Morgan fingerprint density at radius 2 is 1.85 bits per heavy atom. The number of fused-ring (bicyclic) bond motifs is 2. The number of oxazole rings is 1. The van der Waals surface area contributed by atoms with Crippen molar-refractivity contribution in [2.45, 2.75) is 96.0 Å². The Hall–Kier alpha value is -2.98. The van der Waals surface area contributed by atoms with Gasteiger partial charge in [0, 0.05) is 6.54 Å². The van der Waals surface area contributed by atoms with E-state index in [9.17, 15) is 19.5 Å². The zero-order chi connectivity index (χ0) is 28.9. The Kier molecular flexibility index (Phi) is 7.57. The summed E-state index contributed by atoms with van der Waals surface area (Å²) in [6.07, 6.45) is 6.99. The maximum atomic E-state index is 14.4. The van der Waals surface area contributed by atoms with E-state index in [-0.39, 0.29) is 35.0 Å². The van der Waals surface area contributed by atoms with Gasteiger partial charge < -0.3 is 25.1 Å². The van der Waals surface area contributed by atoms with Gasteiger partial charge in [0.25, 0.3) is 6.01 Å². The number of carbonyl (C=O) groups is 3. The highest BCUT2D eigenvalue weighted by Crippen LogP contribution is 2.65. The lowest BCUT2D eigenvalue weighted by molar-refractivity contribution is -0.143. The predicted molar refractivity (Wildman–Crippen MR) is 153 cm³/mol. The number of benzene rings is 1. The second-order valence-corrected chi connectivity index (χ2v) is 13.3. The predicted octanol–water partition coefficient (Wildman–Crippen LogP) is 3.19. The van der Waals surface area contributed by atoms with Crippen LogP contribution in [0.15, 0.2) is 28.7 Å². The molecule has 2 amide bonds. The summed E-state index contributed by atoms with van der Waals surface area (Å²) in [5.74, 6) is -0.400. The summed E-state index contributed by atoms with van der Waals surface area (Å²) in [6.45, 7) is 4.77. The number of para-hydroxylation sites is 2. The van der Waals surface area contributed by atoms with Crippen molar-refractivity contribution in [2.75, 3.05) is 11.9 Å². The molecule has 1 aliphatic heterocycles. The van der Waals surface area contributed by atoms with E-state index < -0.39 is 30.1 Å². The molecule has 222 valence electrons.